The van der Waals surface area contributed by atoms with Crippen molar-refractivity contribution in [1.29, 1.82) is 5.26 Å². The van der Waals surface area contributed by atoms with Crippen molar-refractivity contribution in [2.75, 3.05) is 0 Å². The zero-order valence-corrected chi connectivity index (χ0v) is 6.55. The Balaban J connectivity index is 3.13. The Labute approximate surface area is 72.6 Å². The fourth-order valence-corrected chi connectivity index (χ4v) is 0.892. The van der Waals surface area contributed by atoms with Gasteiger partial charge in [-0.1, -0.05) is 0 Å². The second-order valence-corrected chi connectivity index (χ2v) is 2.42. The number of hydrogen-bond acceptors (Lipinski definition) is 2. The van der Waals surface area contributed by atoms with Crippen molar-refractivity contribution < 1.29 is 8.78 Å². The van der Waals surface area contributed by atoms with E-state index in [1.54, 1.807) is 6.07 Å². The fourth-order valence-electron chi connectivity index (χ4n) is 0.892. The summed E-state index contributed by atoms with van der Waals surface area (Å²) >= 11 is 0. The lowest BCUT2D eigenvalue weighted by Crippen LogP contribution is -2.12. The van der Waals surface area contributed by atoms with Crippen molar-refractivity contribution in [1.82, 2.24) is 4.98 Å². The number of rotatable bonds is 2. The molecule has 1 heterocycles. The number of aromatic amines is 1. The largest absolute Gasteiger partial charge is 0.328 e. The van der Waals surface area contributed by atoms with Gasteiger partial charge in [-0.3, -0.25) is 4.79 Å². The number of nitrogens with zero attached hydrogens (tertiary/aromatic N) is 1. The van der Waals surface area contributed by atoms with Gasteiger partial charge in [0.1, 0.15) is 0 Å². The highest BCUT2D eigenvalue weighted by atomic mass is 19.3. The number of hydrogen-bond donors (Lipinski definition) is 1. The quantitative estimate of drug-likeness (QED) is 0.754. The molecule has 1 N–H and O–H groups in total. The smallest absolute Gasteiger partial charge is 0.265 e. The van der Waals surface area contributed by atoms with E-state index in [1.807, 2.05) is 0 Å². The Morgan fingerprint density at radius 2 is 2.31 bits per heavy atom. The van der Waals surface area contributed by atoms with E-state index in [0.29, 0.717) is 0 Å². The Morgan fingerprint density at radius 3 is 2.85 bits per heavy atom. The Hall–Kier alpha value is -1.70. The van der Waals surface area contributed by atoms with Crippen LogP contribution in [0.25, 0.3) is 0 Å². The van der Waals surface area contributed by atoms with Gasteiger partial charge in [-0.05, 0) is 6.07 Å². The zero-order valence-electron chi connectivity index (χ0n) is 6.55. The normalized spacial score (nSPS) is 10.0. The van der Waals surface area contributed by atoms with Crippen LogP contribution in [-0.4, -0.2) is 4.98 Å². The molecule has 0 aliphatic rings. The molecule has 1 aromatic rings. The minimum atomic E-state index is -2.63. The van der Waals surface area contributed by atoms with Crippen molar-refractivity contribution in [2.24, 2.45) is 0 Å². The summed E-state index contributed by atoms with van der Waals surface area (Å²) in [7, 11) is 0. The molecule has 0 spiro atoms. The zero-order chi connectivity index (χ0) is 9.84. The van der Waals surface area contributed by atoms with Crippen LogP contribution in [0.1, 0.15) is 17.6 Å². The third kappa shape index (κ3) is 2.12. The number of aromatic nitrogens is 1. The molecule has 5 heteroatoms. The first-order valence-corrected chi connectivity index (χ1v) is 3.51. The maximum atomic E-state index is 12.1. The molecular weight excluding hydrogens is 178 g/mol. The van der Waals surface area contributed by atoms with Crippen LogP contribution in [-0.2, 0) is 6.42 Å². The lowest BCUT2D eigenvalue weighted by Gasteiger charge is -1.99. The summed E-state index contributed by atoms with van der Waals surface area (Å²) in [5.74, 6) is 0. The highest BCUT2D eigenvalue weighted by molar-refractivity contribution is 5.21. The molecule has 0 aliphatic heterocycles. The first-order chi connectivity index (χ1) is 6.15. The van der Waals surface area contributed by atoms with Gasteiger partial charge in [0.05, 0.1) is 12.5 Å². The van der Waals surface area contributed by atoms with E-state index in [-0.39, 0.29) is 17.5 Å². The van der Waals surface area contributed by atoms with Gasteiger partial charge in [-0.2, -0.15) is 5.26 Å². The maximum absolute atomic E-state index is 12.1. The van der Waals surface area contributed by atoms with Gasteiger partial charge < -0.3 is 4.98 Å². The molecule has 0 saturated carbocycles. The topological polar surface area (TPSA) is 56.6 Å². The highest BCUT2D eigenvalue weighted by Gasteiger charge is 2.09. The van der Waals surface area contributed by atoms with Gasteiger partial charge in [-0.25, -0.2) is 8.78 Å². The number of alkyl halides is 2. The van der Waals surface area contributed by atoms with E-state index < -0.39 is 12.0 Å². The first kappa shape index (κ1) is 9.39. The molecule has 3 nitrogen and oxygen atoms in total. The molecule has 0 fully saturated rings. The summed E-state index contributed by atoms with van der Waals surface area (Å²) in [4.78, 5) is 13.1. The molecule has 0 amide bonds. The van der Waals surface area contributed by atoms with E-state index in [1.165, 1.54) is 0 Å². The van der Waals surface area contributed by atoms with Crippen molar-refractivity contribution >= 4 is 0 Å². The molecule has 0 aliphatic carbocycles. The van der Waals surface area contributed by atoms with Crippen molar-refractivity contribution in [2.45, 2.75) is 12.8 Å². The van der Waals surface area contributed by atoms with Gasteiger partial charge >= 0.3 is 0 Å². The summed E-state index contributed by atoms with van der Waals surface area (Å²) in [5, 5.41) is 8.28. The van der Waals surface area contributed by atoms with E-state index in [0.717, 1.165) is 12.3 Å². The number of pyridine rings is 1. The van der Waals surface area contributed by atoms with Gasteiger partial charge in [0.2, 0.25) is 0 Å². The SMILES string of the molecule is N#CCc1cc(C(F)F)c[nH]c1=O. The van der Waals surface area contributed by atoms with E-state index >= 15 is 0 Å². The van der Waals surface area contributed by atoms with Crippen LogP contribution in [0.2, 0.25) is 0 Å². The Morgan fingerprint density at radius 1 is 1.62 bits per heavy atom. The number of nitrogens with one attached hydrogen (secondary N) is 1. The average Bonchev–Trinajstić information content (AvgIpc) is 2.08. The fraction of sp³-hybridized carbons (Fsp3) is 0.250. The van der Waals surface area contributed by atoms with Crippen LogP contribution in [0, 0.1) is 11.3 Å². The van der Waals surface area contributed by atoms with Crippen LogP contribution < -0.4 is 5.56 Å². The molecule has 0 radical (unpaired) electrons. The molecule has 0 aromatic carbocycles. The molecule has 0 atom stereocenters. The van der Waals surface area contributed by atoms with E-state index in [9.17, 15) is 13.6 Å². The molecule has 13 heavy (non-hydrogen) atoms. The minimum absolute atomic E-state index is 0.0697. The number of halogens is 2. The molecule has 0 saturated heterocycles. The van der Waals surface area contributed by atoms with Crippen molar-refractivity contribution in [3.8, 4) is 6.07 Å². The monoisotopic (exact) mass is 184 g/mol. The first-order valence-electron chi connectivity index (χ1n) is 3.51. The highest BCUT2D eigenvalue weighted by Crippen LogP contribution is 2.16. The lowest BCUT2D eigenvalue weighted by atomic mass is 10.1. The molecule has 1 rings (SSSR count). The molecule has 0 bridgehead atoms. The van der Waals surface area contributed by atoms with Gasteiger partial charge in [0.15, 0.2) is 0 Å². The van der Waals surface area contributed by atoms with Crippen molar-refractivity contribution in [3.05, 3.63) is 33.7 Å². The van der Waals surface area contributed by atoms with Gasteiger partial charge in [0.25, 0.3) is 12.0 Å². The summed E-state index contributed by atoms with van der Waals surface area (Å²) < 4.78 is 24.2. The molecule has 1 aromatic heterocycles. The molecule has 68 valence electrons. The number of nitriles is 1. The third-order valence-electron chi connectivity index (χ3n) is 1.52. The van der Waals surface area contributed by atoms with Crippen LogP contribution >= 0.6 is 0 Å². The van der Waals surface area contributed by atoms with Crippen LogP contribution in [0.4, 0.5) is 8.78 Å². The van der Waals surface area contributed by atoms with Gasteiger partial charge in [0, 0.05) is 17.3 Å². The molecule has 0 unspecified atom stereocenters. The lowest BCUT2D eigenvalue weighted by molar-refractivity contribution is 0.151. The minimum Gasteiger partial charge on any atom is -0.328 e. The number of H-pyrrole nitrogens is 1. The summed E-state index contributed by atoms with van der Waals surface area (Å²) in [6, 6.07) is 2.77. The van der Waals surface area contributed by atoms with E-state index in [2.05, 4.69) is 4.98 Å². The Kier molecular flexibility index (Phi) is 2.75. The predicted octanol–water partition coefficient (Wildman–Crippen LogP) is 1.38. The van der Waals surface area contributed by atoms with Gasteiger partial charge in [-0.15, -0.1) is 0 Å². The summed E-state index contributed by atoms with van der Waals surface area (Å²) in [6.45, 7) is 0. The predicted molar refractivity (Wildman–Crippen MR) is 41.3 cm³/mol. The average molecular weight is 184 g/mol. The van der Waals surface area contributed by atoms with E-state index in [4.69, 9.17) is 5.26 Å². The molecular formula is C8H6F2N2O. The van der Waals surface area contributed by atoms with Crippen LogP contribution in [0.3, 0.4) is 0 Å². The third-order valence-corrected chi connectivity index (χ3v) is 1.52. The summed E-state index contributed by atoms with van der Waals surface area (Å²) in [5.41, 5.74) is -0.698. The summed E-state index contributed by atoms with van der Waals surface area (Å²) in [6.07, 6.45) is -1.83. The van der Waals surface area contributed by atoms with Crippen LogP contribution in [0.15, 0.2) is 17.1 Å². The standard InChI is InChI=1S/C8H6F2N2O/c9-7(10)6-3-5(1-2-11)8(13)12-4-6/h3-4,7H,1H2,(H,12,13). The second-order valence-electron chi connectivity index (χ2n) is 2.42. The van der Waals surface area contributed by atoms with Crippen LogP contribution in [0.5, 0.6) is 0 Å². The Bertz CT molecular complexity index is 392. The van der Waals surface area contributed by atoms with Crippen molar-refractivity contribution in [3.63, 3.8) is 0 Å². The second kappa shape index (κ2) is 3.81. The maximum Gasteiger partial charge on any atom is 0.265 e.